The highest BCUT2D eigenvalue weighted by Crippen LogP contribution is 2.27. The van der Waals surface area contributed by atoms with Crippen LogP contribution in [0.2, 0.25) is 0 Å². The molecule has 2 atom stereocenters. The number of carbonyl (C=O) groups is 1. The molecule has 92 valence electrons. The molecule has 2 unspecified atom stereocenters. The van der Waals surface area contributed by atoms with Gasteiger partial charge in [0.05, 0.1) is 17.7 Å². The van der Waals surface area contributed by atoms with E-state index < -0.39 is 0 Å². The zero-order chi connectivity index (χ0) is 12.3. The van der Waals surface area contributed by atoms with E-state index in [1.54, 1.807) is 0 Å². The second-order valence-corrected chi connectivity index (χ2v) is 5.04. The van der Waals surface area contributed by atoms with Gasteiger partial charge in [0.25, 0.3) is 0 Å². The highest BCUT2D eigenvalue weighted by molar-refractivity contribution is 9.10. The number of carbonyl (C=O) groups excluding carboxylic acids is 1. The molecule has 1 aromatic carbocycles. The van der Waals surface area contributed by atoms with E-state index in [1.165, 1.54) is 0 Å². The van der Waals surface area contributed by atoms with Gasteiger partial charge in [0.2, 0.25) is 5.91 Å². The maximum Gasteiger partial charge on any atom is 0.230 e. The molecule has 3 nitrogen and oxygen atoms in total. The number of ether oxygens (including phenoxy) is 1. The van der Waals surface area contributed by atoms with E-state index in [2.05, 4.69) is 28.2 Å². The van der Waals surface area contributed by atoms with Crippen LogP contribution in [0, 0.1) is 5.92 Å². The Morgan fingerprint density at radius 3 is 3.00 bits per heavy atom. The largest absolute Gasteiger partial charge is 0.377 e. The smallest absolute Gasteiger partial charge is 0.230 e. The standard InChI is InChI=1S/C13H16BrNO2/c1-2-12-9(7-8-17-12)13(16)15-11-6-4-3-5-10(11)14/h3-6,9,12H,2,7-8H2,1H3,(H,15,16). The molecule has 0 radical (unpaired) electrons. The molecule has 1 aromatic rings. The van der Waals surface area contributed by atoms with E-state index in [0.29, 0.717) is 6.61 Å². The van der Waals surface area contributed by atoms with Crippen LogP contribution in [0.25, 0.3) is 0 Å². The monoisotopic (exact) mass is 297 g/mol. The summed E-state index contributed by atoms with van der Waals surface area (Å²) >= 11 is 3.42. The number of para-hydroxylation sites is 1. The molecular formula is C13H16BrNO2. The van der Waals surface area contributed by atoms with Gasteiger partial charge in [-0.15, -0.1) is 0 Å². The molecule has 4 heteroatoms. The van der Waals surface area contributed by atoms with Crippen molar-refractivity contribution in [1.82, 2.24) is 0 Å². The van der Waals surface area contributed by atoms with Gasteiger partial charge < -0.3 is 10.1 Å². The van der Waals surface area contributed by atoms with E-state index in [9.17, 15) is 4.79 Å². The second kappa shape index (κ2) is 5.65. The lowest BCUT2D eigenvalue weighted by molar-refractivity contribution is -0.121. The van der Waals surface area contributed by atoms with Gasteiger partial charge >= 0.3 is 0 Å². The van der Waals surface area contributed by atoms with Crippen LogP contribution in [0.5, 0.6) is 0 Å². The van der Waals surface area contributed by atoms with Crippen LogP contribution < -0.4 is 5.32 Å². The van der Waals surface area contributed by atoms with Crippen LogP contribution in [0.15, 0.2) is 28.7 Å². The first-order chi connectivity index (χ1) is 8.22. The van der Waals surface area contributed by atoms with E-state index in [1.807, 2.05) is 24.3 Å². The number of hydrogen-bond donors (Lipinski definition) is 1. The lowest BCUT2D eigenvalue weighted by Gasteiger charge is -2.16. The highest BCUT2D eigenvalue weighted by Gasteiger charge is 2.32. The third kappa shape index (κ3) is 2.87. The summed E-state index contributed by atoms with van der Waals surface area (Å²) in [6, 6.07) is 7.63. The molecule has 1 aliphatic heterocycles. The maximum atomic E-state index is 12.1. The molecular weight excluding hydrogens is 282 g/mol. The van der Waals surface area contributed by atoms with E-state index in [-0.39, 0.29) is 17.9 Å². The summed E-state index contributed by atoms with van der Waals surface area (Å²) in [7, 11) is 0. The van der Waals surface area contributed by atoms with Gasteiger partial charge in [-0.3, -0.25) is 4.79 Å². The van der Waals surface area contributed by atoms with Crippen LogP contribution in [-0.2, 0) is 9.53 Å². The number of benzene rings is 1. The number of rotatable bonds is 3. The summed E-state index contributed by atoms with van der Waals surface area (Å²) in [4.78, 5) is 12.1. The van der Waals surface area contributed by atoms with Gasteiger partial charge in [0.1, 0.15) is 0 Å². The minimum Gasteiger partial charge on any atom is -0.377 e. The quantitative estimate of drug-likeness (QED) is 0.930. The van der Waals surface area contributed by atoms with E-state index >= 15 is 0 Å². The number of anilines is 1. The third-order valence-corrected chi connectivity index (χ3v) is 3.77. The number of amides is 1. The van der Waals surface area contributed by atoms with Crippen LogP contribution in [0.1, 0.15) is 19.8 Å². The van der Waals surface area contributed by atoms with Crippen molar-refractivity contribution in [2.75, 3.05) is 11.9 Å². The summed E-state index contributed by atoms with van der Waals surface area (Å²) in [6.07, 6.45) is 1.76. The van der Waals surface area contributed by atoms with Crippen molar-refractivity contribution in [1.29, 1.82) is 0 Å². The van der Waals surface area contributed by atoms with Gasteiger partial charge in [0.15, 0.2) is 0 Å². The SMILES string of the molecule is CCC1OCCC1C(=O)Nc1ccccc1Br. The normalized spacial score (nSPS) is 23.6. The Morgan fingerprint density at radius 1 is 1.53 bits per heavy atom. The zero-order valence-electron chi connectivity index (χ0n) is 9.78. The predicted molar refractivity (Wildman–Crippen MR) is 70.9 cm³/mol. The molecule has 1 fully saturated rings. The Kier molecular flexibility index (Phi) is 4.18. The Morgan fingerprint density at radius 2 is 2.29 bits per heavy atom. The molecule has 0 spiro atoms. The second-order valence-electron chi connectivity index (χ2n) is 4.18. The summed E-state index contributed by atoms with van der Waals surface area (Å²) in [5.74, 6) is 0.0355. The van der Waals surface area contributed by atoms with Crippen LogP contribution in [0.3, 0.4) is 0 Å². The van der Waals surface area contributed by atoms with Crippen molar-refractivity contribution < 1.29 is 9.53 Å². The van der Waals surface area contributed by atoms with Gasteiger partial charge in [-0.1, -0.05) is 19.1 Å². The van der Waals surface area contributed by atoms with E-state index in [0.717, 1.165) is 23.0 Å². The molecule has 1 saturated heterocycles. The minimum absolute atomic E-state index is 0.0212. The Labute approximate surface area is 110 Å². The Hall–Kier alpha value is -0.870. The first kappa shape index (κ1) is 12.6. The fourth-order valence-electron chi connectivity index (χ4n) is 2.14. The van der Waals surface area contributed by atoms with Crippen molar-refractivity contribution in [2.45, 2.75) is 25.9 Å². The van der Waals surface area contributed by atoms with Crippen molar-refractivity contribution in [3.05, 3.63) is 28.7 Å². The number of hydrogen-bond acceptors (Lipinski definition) is 2. The number of halogens is 1. The first-order valence-electron chi connectivity index (χ1n) is 5.89. The highest BCUT2D eigenvalue weighted by atomic mass is 79.9. The fraction of sp³-hybridized carbons (Fsp3) is 0.462. The minimum atomic E-state index is -0.0212. The molecule has 0 aliphatic carbocycles. The van der Waals surface area contributed by atoms with Gasteiger partial charge in [-0.05, 0) is 40.9 Å². The van der Waals surface area contributed by atoms with E-state index in [4.69, 9.17) is 4.74 Å². The van der Waals surface area contributed by atoms with Crippen LogP contribution in [0.4, 0.5) is 5.69 Å². The molecule has 17 heavy (non-hydrogen) atoms. The summed E-state index contributed by atoms with van der Waals surface area (Å²) in [5.41, 5.74) is 0.819. The molecule has 1 amide bonds. The molecule has 0 aromatic heterocycles. The number of nitrogens with one attached hydrogen (secondary N) is 1. The average Bonchev–Trinajstić information content (AvgIpc) is 2.80. The molecule has 2 rings (SSSR count). The molecule has 1 heterocycles. The maximum absolute atomic E-state index is 12.1. The lowest BCUT2D eigenvalue weighted by Crippen LogP contribution is -2.29. The Balaban J connectivity index is 2.04. The average molecular weight is 298 g/mol. The molecule has 0 saturated carbocycles. The summed E-state index contributed by atoms with van der Waals surface area (Å²) in [6.45, 7) is 2.74. The predicted octanol–water partition coefficient (Wildman–Crippen LogP) is 3.20. The van der Waals surface area contributed by atoms with Crippen LogP contribution >= 0.6 is 15.9 Å². The molecule has 1 N–H and O–H groups in total. The van der Waals surface area contributed by atoms with Gasteiger partial charge in [-0.2, -0.15) is 0 Å². The first-order valence-corrected chi connectivity index (χ1v) is 6.68. The summed E-state index contributed by atoms with van der Waals surface area (Å²) < 4.78 is 6.43. The van der Waals surface area contributed by atoms with Crippen LogP contribution in [-0.4, -0.2) is 18.6 Å². The van der Waals surface area contributed by atoms with Crippen molar-refractivity contribution >= 4 is 27.5 Å². The third-order valence-electron chi connectivity index (χ3n) is 3.08. The van der Waals surface area contributed by atoms with Gasteiger partial charge in [-0.25, -0.2) is 0 Å². The lowest BCUT2D eigenvalue weighted by atomic mass is 9.98. The molecule has 0 bridgehead atoms. The fourth-order valence-corrected chi connectivity index (χ4v) is 2.52. The van der Waals surface area contributed by atoms with Gasteiger partial charge in [0, 0.05) is 11.1 Å². The van der Waals surface area contributed by atoms with Crippen molar-refractivity contribution in [3.8, 4) is 0 Å². The topological polar surface area (TPSA) is 38.3 Å². The zero-order valence-corrected chi connectivity index (χ0v) is 11.4. The summed E-state index contributed by atoms with van der Waals surface area (Å²) in [5, 5.41) is 2.95. The molecule has 1 aliphatic rings. The van der Waals surface area contributed by atoms with Crippen molar-refractivity contribution in [3.63, 3.8) is 0 Å². The Bertz CT molecular complexity index is 408. The van der Waals surface area contributed by atoms with Crippen molar-refractivity contribution in [2.24, 2.45) is 5.92 Å².